The van der Waals surface area contributed by atoms with Gasteiger partial charge in [0.25, 0.3) is 0 Å². The first-order chi connectivity index (χ1) is 13.5. The summed E-state index contributed by atoms with van der Waals surface area (Å²) in [5.41, 5.74) is 2.43. The molecule has 0 radical (unpaired) electrons. The van der Waals surface area contributed by atoms with E-state index < -0.39 is 16.1 Å². The van der Waals surface area contributed by atoms with Crippen LogP contribution in [0, 0.1) is 0 Å². The lowest BCUT2D eigenvalue weighted by Crippen LogP contribution is -2.53. The van der Waals surface area contributed by atoms with Gasteiger partial charge in [-0.05, 0) is 54.7 Å². The summed E-state index contributed by atoms with van der Waals surface area (Å²) in [5, 5.41) is 0. The second-order valence-corrected chi connectivity index (χ2v) is 10.2. The Bertz CT molecular complexity index is 975. The Labute approximate surface area is 174 Å². The second-order valence-electron chi connectivity index (χ2n) is 7.36. The normalized spacial score (nSPS) is 20.6. The number of carbonyl (C=O) groups excluding carboxylic acids is 1. The van der Waals surface area contributed by atoms with E-state index in [4.69, 9.17) is 0 Å². The number of carbonyl (C=O) groups is 1. The summed E-state index contributed by atoms with van der Waals surface area (Å²) in [5.74, 6) is -0.0742. The molecule has 1 amide bonds. The Morgan fingerprint density at radius 1 is 0.964 bits per heavy atom. The highest BCUT2D eigenvalue weighted by molar-refractivity contribution is 9.10. The number of rotatable bonds is 3. The van der Waals surface area contributed by atoms with E-state index in [9.17, 15) is 13.2 Å². The molecule has 1 fully saturated rings. The van der Waals surface area contributed by atoms with E-state index in [2.05, 4.69) is 22.0 Å². The summed E-state index contributed by atoms with van der Waals surface area (Å²) < 4.78 is 28.7. The van der Waals surface area contributed by atoms with Crippen LogP contribution in [0.5, 0.6) is 0 Å². The summed E-state index contributed by atoms with van der Waals surface area (Å²) in [4.78, 5) is 15.4. The minimum absolute atomic E-state index is 0.0742. The zero-order valence-corrected chi connectivity index (χ0v) is 18.0. The minimum atomic E-state index is -3.71. The molecule has 2 aliphatic heterocycles. The number of hydrogen-bond acceptors (Lipinski definition) is 3. The molecule has 1 saturated heterocycles. The van der Waals surface area contributed by atoms with E-state index in [1.807, 2.05) is 23.1 Å². The van der Waals surface area contributed by atoms with Gasteiger partial charge in [0.2, 0.25) is 15.9 Å². The summed E-state index contributed by atoms with van der Waals surface area (Å²) in [6.45, 7) is 1.58. The average Bonchev–Trinajstić information content (AvgIpc) is 2.73. The molecule has 2 heterocycles. The van der Waals surface area contributed by atoms with E-state index in [-0.39, 0.29) is 10.8 Å². The van der Waals surface area contributed by atoms with Crippen LogP contribution in [-0.4, -0.2) is 42.7 Å². The molecule has 0 bridgehead atoms. The number of amides is 1. The topological polar surface area (TPSA) is 57.7 Å². The highest BCUT2D eigenvalue weighted by Gasteiger charge is 2.39. The van der Waals surface area contributed by atoms with Gasteiger partial charge in [0.15, 0.2) is 0 Å². The molecule has 28 heavy (non-hydrogen) atoms. The van der Waals surface area contributed by atoms with E-state index >= 15 is 0 Å². The Morgan fingerprint density at radius 3 is 2.43 bits per heavy atom. The van der Waals surface area contributed by atoms with E-state index in [0.717, 1.165) is 29.3 Å². The summed E-state index contributed by atoms with van der Waals surface area (Å²) in [6.07, 6.45) is 3.04. The van der Waals surface area contributed by atoms with Crippen LogP contribution >= 0.6 is 15.9 Å². The van der Waals surface area contributed by atoms with Gasteiger partial charge in [0.1, 0.15) is 6.04 Å². The summed E-state index contributed by atoms with van der Waals surface area (Å²) in [7, 11) is -3.71. The Kier molecular flexibility index (Phi) is 5.58. The van der Waals surface area contributed by atoms with Crippen molar-refractivity contribution in [1.29, 1.82) is 0 Å². The van der Waals surface area contributed by atoms with Gasteiger partial charge in [-0.25, -0.2) is 8.42 Å². The molecule has 2 aliphatic rings. The fourth-order valence-corrected chi connectivity index (χ4v) is 5.99. The maximum Gasteiger partial charge on any atom is 0.243 e. The van der Waals surface area contributed by atoms with Crippen LogP contribution in [0.2, 0.25) is 0 Å². The van der Waals surface area contributed by atoms with Crippen LogP contribution in [0.4, 0.5) is 0 Å². The molecule has 5 nitrogen and oxygen atoms in total. The van der Waals surface area contributed by atoms with Gasteiger partial charge in [-0.3, -0.25) is 4.79 Å². The molecule has 148 valence electrons. The highest BCUT2D eigenvalue weighted by Crippen LogP contribution is 2.29. The predicted octanol–water partition coefficient (Wildman–Crippen LogP) is 3.58. The Morgan fingerprint density at radius 2 is 1.68 bits per heavy atom. The summed E-state index contributed by atoms with van der Waals surface area (Å²) >= 11 is 3.34. The van der Waals surface area contributed by atoms with Crippen LogP contribution in [-0.2, 0) is 27.8 Å². The van der Waals surface area contributed by atoms with E-state index in [1.165, 1.54) is 9.87 Å². The van der Waals surface area contributed by atoms with Gasteiger partial charge in [-0.2, -0.15) is 4.31 Å². The number of halogens is 1. The number of sulfonamides is 1. The lowest BCUT2D eigenvalue weighted by atomic mass is 9.98. The average molecular weight is 463 g/mol. The third-order valence-electron chi connectivity index (χ3n) is 5.60. The second kappa shape index (κ2) is 7.97. The highest BCUT2D eigenvalue weighted by atomic mass is 79.9. The fraction of sp³-hybridized carbons (Fsp3) is 0.381. The first kappa shape index (κ1) is 19.6. The third kappa shape index (κ3) is 3.75. The van der Waals surface area contributed by atoms with Crippen molar-refractivity contribution >= 4 is 31.9 Å². The van der Waals surface area contributed by atoms with Gasteiger partial charge in [0, 0.05) is 24.1 Å². The molecule has 2 aromatic rings. The lowest BCUT2D eigenvalue weighted by molar-refractivity contribution is -0.137. The standard InChI is InChI=1S/C21H23BrN2O3S/c22-18-8-10-19(11-9-18)28(26,27)24-13-4-3-7-20(24)21(25)23-14-12-16-5-1-2-6-17(16)15-23/h1-2,5-6,8-11,20H,3-4,7,12-15H2. The smallest absolute Gasteiger partial charge is 0.243 e. The van der Waals surface area contributed by atoms with Crippen molar-refractivity contribution in [1.82, 2.24) is 9.21 Å². The zero-order valence-electron chi connectivity index (χ0n) is 15.6. The lowest BCUT2D eigenvalue weighted by Gasteiger charge is -2.38. The Hall–Kier alpha value is -1.70. The molecule has 7 heteroatoms. The molecular formula is C21H23BrN2O3S. The van der Waals surface area contributed by atoms with Gasteiger partial charge in [-0.15, -0.1) is 0 Å². The molecule has 0 N–H and O–H groups in total. The molecule has 1 atom stereocenters. The van der Waals surface area contributed by atoms with Crippen molar-refractivity contribution in [3.63, 3.8) is 0 Å². The van der Waals surface area contributed by atoms with Gasteiger partial charge in [-0.1, -0.05) is 46.6 Å². The van der Waals surface area contributed by atoms with Crippen molar-refractivity contribution in [3.05, 3.63) is 64.1 Å². The first-order valence-electron chi connectivity index (χ1n) is 9.60. The molecular weight excluding hydrogens is 440 g/mol. The van der Waals surface area contributed by atoms with E-state index in [0.29, 0.717) is 26.1 Å². The van der Waals surface area contributed by atoms with Crippen LogP contribution in [0.15, 0.2) is 57.9 Å². The first-order valence-corrected chi connectivity index (χ1v) is 11.8. The molecule has 2 aromatic carbocycles. The monoisotopic (exact) mass is 462 g/mol. The van der Waals surface area contributed by atoms with Gasteiger partial charge in [0.05, 0.1) is 4.90 Å². The molecule has 0 aliphatic carbocycles. The molecule has 0 aromatic heterocycles. The Balaban J connectivity index is 1.59. The van der Waals surface area contributed by atoms with Crippen LogP contribution in [0.3, 0.4) is 0 Å². The SMILES string of the molecule is O=C(C1CCCCN1S(=O)(=O)c1ccc(Br)cc1)N1CCc2ccccc2C1. The molecule has 0 saturated carbocycles. The van der Waals surface area contributed by atoms with Gasteiger partial charge >= 0.3 is 0 Å². The van der Waals surface area contributed by atoms with Crippen molar-refractivity contribution in [2.24, 2.45) is 0 Å². The van der Waals surface area contributed by atoms with E-state index in [1.54, 1.807) is 24.3 Å². The summed E-state index contributed by atoms with van der Waals surface area (Å²) in [6, 6.07) is 14.1. The zero-order chi connectivity index (χ0) is 19.7. The van der Waals surface area contributed by atoms with Crippen molar-refractivity contribution in [2.75, 3.05) is 13.1 Å². The quantitative estimate of drug-likeness (QED) is 0.700. The fourth-order valence-electron chi connectivity index (χ4n) is 4.08. The maximum absolute atomic E-state index is 13.3. The van der Waals surface area contributed by atoms with Gasteiger partial charge < -0.3 is 4.90 Å². The molecule has 1 unspecified atom stereocenters. The third-order valence-corrected chi connectivity index (χ3v) is 8.05. The number of hydrogen-bond donors (Lipinski definition) is 0. The molecule has 4 rings (SSSR count). The number of piperidine rings is 1. The predicted molar refractivity (Wildman–Crippen MR) is 111 cm³/mol. The molecule has 0 spiro atoms. The number of nitrogens with zero attached hydrogens (tertiary/aromatic N) is 2. The maximum atomic E-state index is 13.3. The van der Waals surface area contributed by atoms with Crippen molar-refractivity contribution < 1.29 is 13.2 Å². The largest absolute Gasteiger partial charge is 0.337 e. The van der Waals surface area contributed by atoms with Crippen molar-refractivity contribution in [2.45, 2.75) is 43.2 Å². The number of fused-ring (bicyclic) bond motifs is 1. The van der Waals surface area contributed by atoms with Crippen molar-refractivity contribution in [3.8, 4) is 0 Å². The minimum Gasteiger partial charge on any atom is -0.337 e. The number of benzene rings is 2. The van der Waals surface area contributed by atoms with Crippen LogP contribution in [0.1, 0.15) is 30.4 Å². The van der Waals surface area contributed by atoms with Crippen LogP contribution in [0.25, 0.3) is 0 Å². The van der Waals surface area contributed by atoms with Crippen LogP contribution < -0.4 is 0 Å².